The SMILES string of the molecule is C.C.CC(C)O[Si]12O[Si]3(OC(C)C)O[Si]4(OC(C)C)O[Si](OC(C)C)(O1)O[Si]1(OC(C)C)O[Si](OC(C)C)(O2)O[Si](OC(C)C)(O3)O[Si](OC(C)C)(O4)O1. The summed E-state index contributed by atoms with van der Waals surface area (Å²) >= 11 is 0. The molecular weight excluding hydrogens is 857 g/mol. The molecule has 0 amide bonds. The van der Waals surface area contributed by atoms with E-state index in [-0.39, 0.29) is 14.9 Å². The molecule has 0 spiro atoms. The van der Waals surface area contributed by atoms with Crippen molar-refractivity contribution >= 4 is 72.4 Å². The second-order valence-electron chi connectivity index (χ2n) is 14.6. The first kappa shape index (κ1) is 49.3. The lowest BCUT2D eigenvalue weighted by atomic mass is 10.5. The van der Waals surface area contributed by atoms with E-state index in [9.17, 15) is 0 Å². The Hall–Kier alpha value is 0.935. The van der Waals surface area contributed by atoms with Crippen molar-refractivity contribution in [1.82, 2.24) is 0 Å². The topological polar surface area (TPSA) is 185 Å². The van der Waals surface area contributed by atoms with Gasteiger partial charge in [-0.25, -0.2) is 0 Å². The van der Waals surface area contributed by atoms with E-state index in [2.05, 4.69) is 0 Å². The fourth-order valence-corrected chi connectivity index (χ4v) is 42.2. The summed E-state index contributed by atoms with van der Waals surface area (Å²) < 4.78 is 135. The standard InChI is InChI=1S/C24H56O20Si8.2CH4/c1-17(2)25-45-33-46(26-18(3)4)36-49(29-21(9)10)38-47(34-45,27-19(5)6)40-51(31-23(13)14)41-48(35-45,28-20(7)8)39-50(37-46,30-22(11)12)43-52(42-49,44-51)32-24(15)16;;/h17-24H,1-16H3;2*1H4. The third kappa shape index (κ3) is 11.2. The summed E-state index contributed by atoms with van der Waals surface area (Å²) in [7, 11) is -39.4. The van der Waals surface area contributed by atoms with Crippen molar-refractivity contribution in [2.45, 2.75) is 174 Å². The molecule has 6 heterocycles. The Balaban J connectivity index is 0.00000392. The van der Waals surface area contributed by atoms with Crippen LogP contribution < -0.4 is 0 Å². The van der Waals surface area contributed by atoms with Gasteiger partial charge in [0.1, 0.15) is 0 Å². The number of rotatable bonds is 16. The summed E-state index contributed by atoms with van der Waals surface area (Å²) in [4.78, 5) is 0. The van der Waals surface area contributed by atoms with Gasteiger partial charge in [-0.2, -0.15) is 0 Å². The number of hydrogen-bond acceptors (Lipinski definition) is 20. The molecule has 0 saturated carbocycles. The van der Waals surface area contributed by atoms with Gasteiger partial charge in [0, 0.05) is 48.8 Å². The van der Waals surface area contributed by atoms with Crippen LogP contribution in [0.15, 0.2) is 0 Å². The molecule has 0 aromatic heterocycles. The molecular formula is C26H64O20Si8. The van der Waals surface area contributed by atoms with Crippen LogP contribution in [0.2, 0.25) is 0 Å². The molecule has 8 bridgehead atoms. The third-order valence-electron chi connectivity index (χ3n) is 6.04. The van der Waals surface area contributed by atoms with E-state index in [0.29, 0.717) is 0 Å². The molecule has 0 atom stereocenters. The molecule has 0 aliphatic carbocycles. The molecule has 6 aliphatic rings. The van der Waals surface area contributed by atoms with Crippen molar-refractivity contribution in [3.63, 3.8) is 0 Å². The smallest absolute Gasteiger partial charge is 0.350 e. The van der Waals surface area contributed by atoms with Crippen LogP contribution >= 0.6 is 0 Å². The largest absolute Gasteiger partial charge is 0.662 e. The van der Waals surface area contributed by atoms with Crippen LogP contribution in [0, 0.1) is 0 Å². The van der Waals surface area contributed by atoms with Gasteiger partial charge in [0.25, 0.3) is 0 Å². The quantitative estimate of drug-likeness (QED) is 0.198. The second kappa shape index (κ2) is 17.5. The molecule has 0 unspecified atom stereocenters. The zero-order valence-corrected chi connectivity index (χ0v) is 40.8. The first-order valence-corrected chi connectivity index (χ1v) is 30.7. The van der Waals surface area contributed by atoms with E-state index in [4.69, 9.17) is 84.8 Å². The van der Waals surface area contributed by atoms with Crippen LogP contribution in [0.1, 0.15) is 126 Å². The van der Waals surface area contributed by atoms with Gasteiger partial charge < -0.3 is 84.8 Å². The van der Waals surface area contributed by atoms with Crippen molar-refractivity contribution in [3.8, 4) is 0 Å². The van der Waals surface area contributed by atoms with E-state index < -0.39 is 121 Å². The van der Waals surface area contributed by atoms with Crippen molar-refractivity contribution in [2.24, 2.45) is 0 Å². The second-order valence-corrected chi connectivity index (χ2v) is 34.2. The Morgan fingerprint density at radius 3 is 0.333 bits per heavy atom. The summed E-state index contributed by atoms with van der Waals surface area (Å²) in [6, 6.07) is 0. The normalized spacial score (nSPS) is 40.4. The highest BCUT2D eigenvalue weighted by atomic mass is 28.7. The predicted molar refractivity (Wildman–Crippen MR) is 202 cm³/mol. The fourth-order valence-electron chi connectivity index (χ4n) is 5.22. The minimum Gasteiger partial charge on any atom is -0.350 e. The van der Waals surface area contributed by atoms with Gasteiger partial charge in [0.15, 0.2) is 0 Å². The maximum absolute atomic E-state index is 6.90. The predicted octanol–water partition coefficient (Wildman–Crippen LogP) is 4.41. The maximum atomic E-state index is 6.90. The Morgan fingerprint density at radius 1 is 0.204 bits per heavy atom. The van der Waals surface area contributed by atoms with Gasteiger partial charge in [0.2, 0.25) is 0 Å². The Kier molecular flexibility index (Phi) is 16.0. The Morgan fingerprint density at radius 2 is 0.278 bits per heavy atom. The summed E-state index contributed by atoms with van der Waals surface area (Å²) in [5, 5.41) is 0. The van der Waals surface area contributed by atoms with Gasteiger partial charge in [-0.05, 0) is 111 Å². The van der Waals surface area contributed by atoms with Gasteiger partial charge in [-0.3, -0.25) is 0 Å². The average Bonchev–Trinajstić information content (AvgIpc) is 2.79. The van der Waals surface area contributed by atoms with Crippen molar-refractivity contribution in [3.05, 3.63) is 0 Å². The molecule has 0 aromatic carbocycles. The molecule has 20 nitrogen and oxygen atoms in total. The average molecular weight is 921 g/mol. The molecule has 0 aromatic rings. The molecule has 0 radical (unpaired) electrons. The monoisotopic (exact) mass is 920 g/mol. The summed E-state index contributed by atoms with van der Waals surface area (Å²) in [6.07, 6.45) is -5.05. The molecule has 6 rings (SSSR count). The summed E-state index contributed by atoms with van der Waals surface area (Å²) in [5.74, 6) is 0. The van der Waals surface area contributed by atoms with E-state index in [1.54, 1.807) is 111 Å². The number of hydrogen-bond donors (Lipinski definition) is 0. The van der Waals surface area contributed by atoms with Crippen LogP contribution in [-0.4, -0.2) is 121 Å². The molecule has 6 saturated heterocycles. The first-order chi connectivity index (χ1) is 23.8. The highest BCUT2D eigenvalue weighted by Crippen LogP contribution is 2.51. The van der Waals surface area contributed by atoms with Crippen LogP contribution in [0.5, 0.6) is 0 Å². The molecule has 0 N–H and O–H groups in total. The fraction of sp³-hybridized carbons (Fsp3) is 1.00. The van der Waals surface area contributed by atoms with Crippen LogP contribution in [0.25, 0.3) is 0 Å². The molecule has 6 aliphatic heterocycles. The van der Waals surface area contributed by atoms with Gasteiger partial charge in [0.05, 0.1) is 0 Å². The molecule has 28 heteroatoms. The zero-order chi connectivity index (χ0) is 38.8. The summed E-state index contributed by atoms with van der Waals surface area (Å²) in [6.45, 7) is 27.9. The Labute approximate surface area is 330 Å². The van der Waals surface area contributed by atoms with Crippen LogP contribution in [0.3, 0.4) is 0 Å². The van der Waals surface area contributed by atoms with Crippen LogP contribution in [0.4, 0.5) is 0 Å². The molecule has 320 valence electrons. The lowest BCUT2D eigenvalue weighted by Gasteiger charge is -2.58. The summed E-state index contributed by atoms with van der Waals surface area (Å²) in [5.41, 5.74) is 0. The van der Waals surface area contributed by atoms with E-state index in [1.165, 1.54) is 0 Å². The maximum Gasteiger partial charge on any atom is 0.662 e. The van der Waals surface area contributed by atoms with Crippen molar-refractivity contribution < 1.29 is 84.8 Å². The van der Waals surface area contributed by atoms with Crippen LogP contribution in [-0.2, 0) is 84.8 Å². The van der Waals surface area contributed by atoms with E-state index in [0.717, 1.165) is 0 Å². The highest BCUT2D eigenvalue weighted by molar-refractivity contribution is 6.97. The third-order valence-corrected chi connectivity index (χ3v) is 36.1. The van der Waals surface area contributed by atoms with Crippen molar-refractivity contribution in [2.75, 3.05) is 0 Å². The molecule has 54 heavy (non-hydrogen) atoms. The van der Waals surface area contributed by atoms with Gasteiger partial charge >= 0.3 is 72.4 Å². The minimum atomic E-state index is -4.92. The Bertz CT molecular complexity index is 903. The van der Waals surface area contributed by atoms with Crippen molar-refractivity contribution in [1.29, 1.82) is 0 Å². The first-order valence-electron chi connectivity index (χ1n) is 17.7. The minimum absolute atomic E-state index is 0. The van der Waals surface area contributed by atoms with Gasteiger partial charge in [-0.1, -0.05) is 14.9 Å². The van der Waals surface area contributed by atoms with Gasteiger partial charge in [-0.15, -0.1) is 0 Å². The lowest BCUT2D eigenvalue weighted by Crippen LogP contribution is -2.91. The highest BCUT2D eigenvalue weighted by Gasteiger charge is 2.92. The zero-order valence-electron chi connectivity index (χ0n) is 32.8. The van der Waals surface area contributed by atoms with E-state index >= 15 is 0 Å². The molecule has 6 fully saturated rings. The van der Waals surface area contributed by atoms with E-state index in [1.807, 2.05) is 0 Å². The lowest BCUT2D eigenvalue weighted by molar-refractivity contribution is -0.180.